The summed E-state index contributed by atoms with van der Waals surface area (Å²) in [4.78, 5) is 16.0. The van der Waals surface area contributed by atoms with E-state index in [0.717, 1.165) is 18.5 Å². The van der Waals surface area contributed by atoms with Crippen LogP contribution in [-0.4, -0.2) is 15.5 Å². The lowest BCUT2D eigenvalue weighted by atomic mass is 10.1. The Morgan fingerprint density at radius 3 is 2.42 bits per heavy atom. The van der Waals surface area contributed by atoms with Crippen molar-refractivity contribution in [1.29, 1.82) is 0 Å². The molecule has 0 saturated heterocycles. The van der Waals surface area contributed by atoms with Gasteiger partial charge in [-0.2, -0.15) is 0 Å². The molecule has 0 saturated carbocycles. The van der Waals surface area contributed by atoms with Gasteiger partial charge in [0.1, 0.15) is 0 Å². The van der Waals surface area contributed by atoms with Gasteiger partial charge in [-0.25, -0.2) is 4.98 Å². The first-order valence-corrected chi connectivity index (χ1v) is 8.14. The average molecular weight is 319 g/mol. The maximum atomic E-state index is 11.9. The fourth-order valence-electron chi connectivity index (χ4n) is 2.55. The van der Waals surface area contributed by atoms with Gasteiger partial charge < -0.3 is 9.88 Å². The highest BCUT2D eigenvalue weighted by Crippen LogP contribution is 2.07. The first kappa shape index (κ1) is 16.0. The number of imidazole rings is 1. The normalized spacial score (nSPS) is 10.5. The first-order chi connectivity index (χ1) is 11.8. The maximum Gasteiger partial charge on any atom is 0.220 e. The highest BCUT2D eigenvalue weighted by molar-refractivity contribution is 5.76. The second kappa shape index (κ2) is 8.11. The number of nitrogens with zero attached hydrogens (tertiary/aromatic N) is 2. The van der Waals surface area contributed by atoms with Crippen LogP contribution in [0.4, 0.5) is 0 Å². The summed E-state index contributed by atoms with van der Waals surface area (Å²) in [5.74, 6) is 0.0846. The lowest BCUT2D eigenvalue weighted by Gasteiger charge is -2.07. The fourth-order valence-corrected chi connectivity index (χ4v) is 2.55. The molecule has 0 aliphatic heterocycles. The number of hydrogen-bond donors (Lipinski definition) is 1. The van der Waals surface area contributed by atoms with Gasteiger partial charge in [0.2, 0.25) is 5.91 Å². The predicted molar refractivity (Wildman–Crippen MR) is 94.4 cm³/mol. The van der Waals surface area contributed by atoms with Gasteiger partial charge in [-0.05, 0) is 23.1 Å². The molecule has 4 heteroatoms. The third kappa shape index (κ3) is 4.81. The van der Waals surface area contributed by atoms with E-state index in [1.165, 1.54) is 11.1 Å². The molecular formula is C20H21N3O. The van der Waals surface area contributed by atoms with E-state index in [1.54, 1.807) is 12.5 Å². The number of amides is 1. The Hall–Kier alpha value is -2.88. The smallest absolute Gasteiger partial charge is 0.220 e. The number of hydrogen-bond acceptors (Lipinski definition) is 2. The van der Waals surface area contributed by atoms with E-state index < -0.39 is 0 Å². The summed E-state index contributed by atoms with van der Waals surface area (Å²) in [6, 6.07) is 18.4. The number of aryl methyl sites for hydroxylation is 1. The third-order valence-corrected chi connectivity index (χ3v) is 3.92. The summed E-state index contributed by atoms with van der Waals surface area (Å²) in [5.41, 5.74) is 3.51. The van der Waals surface area contributed by atoms with Gasteiger partial charge >= 0.3 is 0 Å². The molecule has 1 N–H and O–H groups in total. The monoisotopic (exact) mass is 319 g/mol. The zero-order valence-electron chi connectivity index (χ0n) is 13.6. The molecule has 0 spiro atoms. The van der Waals surface area contributed by atoms with Crippen molar-refractivity contribution in [2.24, 2.45) is 0 Å². The molecule has 0 radical (unpaired) electrons. The van der Waals surface area contributed by atoms with Crippen molar-refractivity contribution in [3.63, 3.8) is 0 Å². The first-order valence-electron chi connectivity index (χ1n) is 8.14. The highest BCUT2D eigenvalue weighted by Gasteiger charge is 2.03. The SMILES string of the molecule is O=C(CCc1ccccc1)NCc1ccc(Cn2ccnc2)cc1. The van der Waals surface area contributed by atoms with Crippen LogP contribution in [0.2, 0.25) is 0 Å². The lowest BCUT2D eigenvalue weighted by Crippen LogP contribution is -2.23. The minimum atomic E-state index is 0.0846. The van der Waals surface area contributed by atoms with Crippen LogP contribution in [0.3, 0.4) is 0 Å². The van der Waals surface area contributed by atoms with Gasteiger partial charge in [-0.3, -0.25) is 4.79 Å². The molecule has 24 heavy (non-hydrogen) atoms. The van der Waals surface area contributed by atoms with Crippen LogP contribution in [0.15, 0.2) is 73.3 Å². The highest BCUT2D eigenvalue weighted by atomic mass is 16.1. The van der Waals surface area contributed by atoms with Gasteiger partial charge in [-0.1, -0.05) is 54.6 Å². The molecular weight excluding hydrogens is 298 g/mol. The Bertz CT molecular complexity index is 749. The van der Waals surface area contributed by atoms with Gasteiger partial charge in [0, 0.05) is 31.9 Å². The van der Waals surface area contributed by atoms with Crippen LogP contribution in [-0.2, 0) is 24.3 Å². The molecule has 1 heterocycles. The minimum Gasteiger partial charge on any atom is -0.352 e. The van der Waals surface area contributed by atoms with E-state index in [-0.39, 0.29) is 5.91 Å². The minimum absolute atomic E-state index is 0.0846. The Kier molecular flexibility index (Phi) is 5.40. The Balaban J connectivity index is 1.43. The predicted octanol–water partition coefficient (Wildman–Crippen LogP) is 3.18. The van der Waals surface area contributed by atoms with Gasteiger partial charge in [0.15, 0.2) is 0 Å². The van der Waals surface area contributed by atoms with E-state index in [4.69, 9.17) is 0 Å². The van der Waals surface area contributed by atoms with E-state index >= 15 is 0 Å². The van der Waals surface area contributed by atoms with Gasteiger partial charge in [-0.15, -0.1) is 0 Å². The number of aromatic nitrogens is 2. The van der Waals surface area contributed by atoms with Crippen molar-refractivity contribution in [2.45, 2.75) is 25.9 Å². The number of rotatable bonds is 7. The van der Waals surface area contributed by atoms with Crippen LogP contribution in [0.25, 0.3) is 0 Å². The quantitative estimate of drug-likeness (QED) is 0.727. The Morgan fingerprint density at radius 2 is 1.71 bits per heavy atom. The Labute approximate surface area is 142 Å². The molecule has 0 aliphatic carbocycles. The van der Waals surface area contributed by atoms with Crippen LogP contribution in [0.5, 0.6) is 0 Å². The Morgan fingerprint density at radius 1 is 0.958 bits per heavy atom. The van der Waals surface area contributed by atoms with E-state index in [1.807, 2.05) is 41.1 Å². The van der Waals surface area contributed by atoms with E-state index in [2.05, 4.69) is 34.6 Å². The van der Waals surface area contributed by atoms with Crippen molar-refractivity contribution in [2.75, 3.05) is 0 Å². The molecule has 0 atom stereocenters. The molecule has 3 rings (SSSR count). The summed E-state index contributed by atoms with van der Waals surface area (Å²) < 4.78 is 2.03. The molecule has 0 unspecified atom stereocenters. The van der Waals surface area contributed by atoms with Gasteiger partial charge in [0.25, 0.3) is 0 Å². The molecule has 3 aromatic rings. The summed E-state index contributed by atoms with van der Waals surface area (Å²) >= 11 is 0. The molecule has 0 fully saturated rings. The maximum absolute atomic E-state index is 11.9. The number of carbonyl (C=O) groups excluding carboxylic acids is 1. The molecule has 1 amide bonds. The van der Waals surface area contributed by atoms with Crippen molar-refractivity contribution in [3.05, 3.63) is 90.0 Å². The molecule has 0 aliphatic rings. The fraction of sp³-hybridized carbons (Fsp3) is 0.200. The summed E-state index contributed by atoms with van der Waals surface area (Å²) in [7, 11) is 0. The van der Waals surface area contributed by atoms with E-state index in [9.17, 15) is 4.79 Å². The lowest BCUT2D eigenvalue weighted by molar-refractivity contribution is -0.121. The van der Waals surface area contributed by atoms with Crippen molar-refractivity contribution in [1.82, 2.24) is 14.9 Å². The molecule has 1 aromatic heterocycles. The van der Waals surface area contributed by atoms with Crippen molar-refractivity contribution >= 4 is 5.91 Å². The largest absolute Gasteiger partial charge is 0.352 e. The topological polar surface area (TPSA) is 46.9 Å². The number of benzene rings is 2. The van der Waals surface area contributed by atoms with Crippen molar-refractivity contribution in [3.8, 4) is 0 Å². The number of carbonyl (C=O) groups is 1. The number of nitrogens with one attached hydrogen (secondary N) is 1. The van der Waals surface area contributed by atoms with Crippen LogP contribution >= 0.6 is 0 Å². The molecule has 0 bridgehead atoms. The summed E-state index contributed by atoms with van der Waals surface area (Å²) in [6.45, 7) is 1.38. The second-order valence-electron chi connectivity index (χ2n) is 5.81. The third-order valence-electron chi connectivity index (χ3n) is 3.92. The molecule has 2 aromatic carbocycles. The average Bonchev–Trinajstić information content (AvgIpc) is 3.13. The summed E-state index contributed by atoms with van der Waals surface area (Å²) in [6.07, 6.45) is 6.82. The van der Waals surface area contributed by atoms with Crippen LogP contribution in [0, 0.1) is 0 Å². The van der Waals surface area contributed by atoms with Crippen LogP contribution in [0.1, 0.15) is 23.1 Å². The molecule has 122 valence electrons. The molecule has 4 nitrogen and oxygen atoms in total. The van der Waals surface area contributed by atoms with E-state index in [0.29, 0.717) is 13.0 Å². The zero-order chi connectivity index (χ0) is 16.6. The van der Waals surface area contributed by atoms with Gasteiger partial charge in [0.05, 0.1) is 6.33 Å². The zero-order valence-corrected chi connectivity index (χ0v) is 13.6. The summed E-state index contributed by atoms with van der Waals surface area (Å²) in [5, 5.41) is 2.98. The standard InChI is InChI=1S/C20H21N3O/c24-20(11-10-17-4-2-1-3-5-17)22-14-18-6-8-19(9-7-18)15-23-13-12-21-16-23/h1-9,12-13,16H,10-11,14-15H2,(H,22,24). The van der Waals surface area contributed by atoms with Crippen LogP contribution < -0.4 is 5.32 Å². The van der Waals surface area contributed by atoms with Crippen molar-refractivity contribution < 1.29 is 4.79 Å². The second-order valence-corrected chi connectivity index (χ2v) is 5.81.